The highest BCUT2D eigenvalue weighted by molar-refractivity contribution is 5.73. The second-order valence-electron chi connectivity index (χ2n) is 3.18. The number of carbonyl (C=O) groups is 1. The van der Waals surface area contributed by atoms with E-state index in [9.17, 15) is 4.79 Å². The topological polar surface area (TPSA) is 52.3 Å². The zero-order valence-corrected chi connectivity index (χ0v) is 7.52. The van der Waals surface area contributed by atoms with Crippen LogP contribution in [-0.4, -0.2) is 18.1 Å². The first-order valence-corrected chi connectivity index (χ1v) is 3.90. The van der Waals surface area contributed by atoms with Crippen LogP contribution < -0.4 is 5.73 Å². The van der Waals surface area contributed by atoms with Crippen molar-refractivity contribution in [2.45, 2.75) is 39.2 Å². The van der Waals surface area contributed by atoms with E-state index < -0.39 is 0 Å². The first-order valence-electron chi connectivity index (χ1n) is 3.90. The van der Waals surface area contributed by atoms with Gasteiger partial charge in [0.2, 0.25) is 5.91 Å². The predicted molar refractivity (Wildman–Crippen MR) is 44.1 cm³/mol. The van der Waals surface area contributed by atoms with Crippen LogP contribution in [0.25, 0.3) is 0 Å². The standard InChI is InChI=1S/C8H17NO2/c1-4-8(2,3)11-6-5-7(9)10/h4-6H2,1-3H3,(H2,9,10). The van der Waals surface area contributed by atoms with Crippen LogP contribution in [0, 0.1) is 0 Å². The number of rotatable bonds is 5. The van der Waals surface area contributed by atoms with Crippen LogP contribution in [0.15, 0.2) is 0 Å². The van der Waals surface area contributed by atoms with Gasteiger partial charge >= 0.3 is 0 Å². The van der Waals surface area contributed by atoms with Gasteiger partial charge in [0.1, 0.15) is 0 Å². The van der Waals surface area contributed by atoms with Gasteiger partial charge in [-0.1, -0.05) is 6.92 Å². The number of nitrogens with two attached hydrogens (primary N) is 1. The van der Waals surface area contributed by atoms with Gasteiger partial charge in [-0.2, -0.15) is 0 Å². The molecule has 0 atom stereocenters. The Bertz CT molecular complexity index is 132. The van der Waals surface area contributed by atoms with E-state index in [4.69, 9.17) is 10.5 Å². The minimum atomic E-state index is -0.308. The molecule has 0 saturated carbocycles. The highest BCUT2D eigenvalue weighted by atomic mass is 16.5. The first kappa shape index (κ1) is 10.4. The van der Waals surface area contributed by atoms with Crippen molar-refractivity contribution in [3.8, 4) is 0 Å². The summed E-state index contributed by atoms with van der Waals surface area (Å²) in [5.74, 6) is -0.308. The first-order chi connectivity index (χ1) is 4.98. The molecule has 0 radical (unpaired) electrons. The minimum Gasteiger partial charge on any atom is -0.375 e. The molecule has 0 heterocycles. The van der Waals surface area contributed by atoms with Crippen molar-refractivity contribution < 1.29 is 9.53 Å². The average molecular weight is 159 g/mol. The molecule has 0 bridgehead atoms. The van der Waals surface area contributed by atoms with Crippen molar-refractivity contribution in [1.82, 2.24) is 0 Å². The second-order valence-corrected chi connectivity index (χ2v) is 3.18. The smallest absolute Gasteiger partial charge is 0.219 e. The van der Waals surface area contributed by atoms with Gasteiger partial charge in [0.15, 0.2) is 0 Å². The van der Waals surface area contributed by atoms with E-state index in [2.05, 4.69) is 0 Å². The fraction of sp³-hybridized carbons (Fsp3) is 0.875. The zero-order valence-electron chi connectivity index (χ0n) is 7.52. The molecule has 1 amide bonds. The molecule has 0 saturated heterocycles. The highest BCUT2D eigenvalue weighted by Crippen LogP contribution is 2.13. The number of hydrogen-bond acceptors (Lipinski definition) is 2. The molecule has 0 aliphatic heterocycles. The summed E-state index contributed by atoms with van der Waals surface area (Å²) in [6.07, 6.45) is 1.25. The lowest BCUT2D eigenvalue weighted by molar-refractivity contribution is -0.120. The van der Waals surface area contributed by atoms with Crippen LogP contribution in [0.5, 0.6) is 0 Å². The predicted octanol–water partition coefficient (Wildman–Crippen LogP) is 1.07. The molecule has 0 aromatic carbocycles. The highest BCUT2D eigenvalue weighted by Gasteiger charge is 2.14. The molecular formula is C8H17NO2. The van der Waals surface area contributed by atoms with Crippen LogP contribution >= 0.6 is 0 Å². The maximum absolute atomic E-state index is 10.3. The van der Waals surface area contributed by atoms with E-state index in [1.807, 2.05) is 20.8 Å². The van der Waals surface area contributed by atoms with Crippen molar-refractivity contribution >= 4 is 5.91 Å². The minimum absolute atomic E-state index is 0.130. The summed E-state index contributed by atoms with van der Waals surface area (Å²) < 4.78 is 5.39. The molecule has 0 rings (SSSR count). The van der Waals surface area contributed by atoms with Crippen LogP contribution in [0.2, 0.25) is 0 Å². The fourth-order valence-electron chi connectivity index (χ4n) is 0.530. The maximum Gasteiger partial charge on any atom is 0.219 e. The summed E-state index contributed by atoms with van der Waals surface area (Å²) in [6, 6.07) is 0. The van der Waals surface area contributed by atoms with Gasteiger partial charge in [-0.05, 0) is 20.3 Å². The molecule has 0 aromatic rings. The molecule has 11 heavy (non-hydrogen) atoms. The van der Waals surface area contributed by atoms with Crippen molar-refractivity contribution in [1.29, 1.82) is 0 Å². The van der Waals surface area contributed by atoms with E-state index in [-0.39, 0.29) is 11.5 Å². The Labute approximate surface area is 67.9 Å². The number of amides is 1. The van der Waals surface area contributed by atoms with E-state index in [0.717, 1.165) is 6.42 Å². The number of carbonyl (C=O) groups excluding carboxylic acids is 1. The third-order valence-corrected chi connectivity index (χ3v) is 1.69. The summed E-state index contributed by atoms with van der Waals surface area (Å²) in [6.45, 7) is 6.46. The van der Waals surface area contributed by atoms with E-state index >= 15 is 0 Å². The summed E-state index contributed by atoms with van der Waals surface area (Å²) in [5.41, 5.74) is 4.81. The molecule has 0 spiro atoms. The van der Waals surface area contributed by atoms with E-state index in [0.29, 0.717) is 13.0 Å². The summed E-state index contributed by atoms with van der Waals surface area (Å²) in [7, 11) is 0. The average Bonchev–Trinajstić information content (AvgIpc) is 1.87. The zero-order chi connectivity index (χ0) is 8.91. The largest absolute Gasteiger partial charge is 0.375 e. The third-order valence-electron chi connectivity index (χ3n) is 1.69. The van der Waals surface area contributed by atoms with Crippen molar-refractivity contribution in [3.63, 3.8) is 0 Å². The monoisotopic (exact) mass is 159 g/mol. The Hall–Kier alpha value is -0.570. The molecule has 0 aliphatic carbocycles. The summed E-state index contributed by atoms with van der Waals surface area (Å²) in [4.78, 5) is 10.3. The van der Waals surface area contributed by atoms with Gasteiger partial charge in [-0.3, -0.25) is 4.79 Å². The fourth-order valence-corrected chi connectivity index (χ4v) is 0.530. The Morgan fingerprint density at radius 2 is 2.09 bits per heavy atom. The normalized spacial score (nSPS) is 11.5. The Kier molecular flexibility index (Phi) is 4.11. The summed E-state index contributed by atoms with van der Waals surface area (Å²) >= 11 is 0. The second kappa shape index (κ2) is 4.34. The number of ether oxygens (including phenoxy) is 1. The Balaban J connectivity index is 3.45. The molecule has 0 aliphatic rings. The SMILES string of the molecule is CCC(C)(C)OCCC(N)=O. The molecule has 0 fully saturated rings. The molecule has 3 nitrogen and oxygen atoms in total. The van der Waals surface area contributed by atoms with Gasteiger partial charge in [0.25, 0.3) is 0 Å². The molecule has 2 N–H and O–H groups in total. The number of primary amides is 1. The lowest BCUT2D eigenvalue weighted by Gasteiger charge is -2.22. The lowest BCUT2D eigenvalue weighted by Crippen LogP contribution is -2.25. The quantitative estimate of drug-likeness (QED) is 0.652. The van der Waals surface area contributed by atoms with Gasteiger partial charge < -0.3 is 10.5 Å². The lowest BCUT2D eigenvalue weighted by atomic mass is 10.1. The van der Waals surface area contributed by atoms with Gasteiger partial charge in [-0.15, -0.1) is 0 Å². The Morgan fingerprint density at radius 3 is 2.45 bits per heavy atom. The number of hydrogen-bond donors (Lipinski definition) is 1. The van der Waals surface area contributed by atoms with E-state index in [1.165, 1.54) is 0 Å². The van der Waals surface area contributed by atoms with Crippen LogP contribution in [0.3, 0.4) is 0 Å². The third kappa shape index (κ3) is 5.85. The maximum atomic E-state index is 10.3. The molecule has 66 valence electrons. The van der Waals surface area contributed by atoms with Gasteiger partial charge in [0.05, 0.1) is 12.2 Å². The molecule has 0 aromatic heterocycles. The molecule has 0 unspecified atom stereocenters. The van der Waals surface area contributed by atoms with E-state index in [1.54, 1.807) is 0 Å². The van der Waals surface area contributed by atoms with Crippen LogP contribution in [0.4, 0.5) is 0 Å². The van der Waals surface area contributed by atoms with Crippen molar-refractivity contribution in [2.75, 3.05) is 6.61 Å². The van der Waals surface area contributed by atoms with Crippen molar-refractivity contribution in [2.24, 2.45) is 5.73 Å². The Morgan fingerprint density at radius 1 is 1.55 bits per heavy atom. The van der Waals surface area contributed by atoms with Gasteiger partial charge in [0, 0.05) is 6.42 Å². The van der Waals surface area contributed by atoms with Crippen LogP contribution in [-0.2, 0) is 9.53 Å². The molecule has 3 heteroatoms. The van der Waals surface area contributed by atoms with Crippen molar-refractivity contribution in [3.05, 3.63) is 0 Å². The van der Waals surface area contributed by atoms with Crippen LogP contribution in [0.1, 0.15) is 33.6 Å². The van der Waals surface area contributed by atoms with Gasteiger partial charge in [-0.25, -0.2) is 0 Å². The summed E-state index contributed by atoms with van der Waals surface area (Å²) in [5, 5.41) is 0. The molecular weight excluding hydrogens is 142 g/mol.